The Kier molecular flexibility index (Phi) is 2.56. The van der Waals surface area contributed by atoms with Gasteiger partial charge in [0.2, 0.25) is 5.78 Å². The third kappa shape index (κ3) is 1.90. The second kappa shape index (κ2) is 3.64. The molecule has 1 aromatic rings. The molecule has 5 nitrogen and oxygen atoms in total. The number of nitrogens with two attached hydrogens (primary N) is 1. The highest BCUT2D eigenvalue weighted by Gasteiger charge is 2.13. The molecule has 12 heavy (non-hydrogen) atoms. The number of nitrogens with zero attached hydrogens (tertiary/aromatic N) is 2. The molecule has 62 valence electrons. The number of imidazole rings is 1. The Balaban J connectivity index is 2.54. The van der Waals surface area contributed by atoms with Gasteiger partial charge in [-0.3, -0.25) is 4.79 Å². The quantitative estimate of drug-likeness (QED) is 0.581. The number of nitrogens with one attached hydrogen (secondary N) is 1. The van der Waals surface area contributed by atoms with Crippen LogP contribution in [0.2, 0.25) is 0 Å². The maximum atomic E-state index is 10.7. The number of rotatable bonds is 3. The molecule has 0 saturated carbocycles. The minimum absolute atomic E-state index is 0.326. The van der Waals surface area contributed by atoms with Crippen LogP contribution in [-0.2, 0) is 11.2 Å². The predicted octanol–water partition coefficient (Wildman–Crippen LogP) is -0.628. The van der Waals surface area contributed by atoms with Gasteiger partial charge in [-0.15, -0.1) is 0 Å². The number of aromatic nitrogens is 2. The minimum atomic E-state index is -0.754. The van der Waals surface area contributed by atoms with E-state index >= 15 is 0 Å². The molecule has 0 aliphatic carbocycles. The monoisotopic (exact) mass is 164 g/mol. The molecule has 0 spiro atoms. The second-order valence-electron chi connectivity index (χ2n) is 2.36. The average molecular weight is 164 g/mol. The van der Waals surface area contributed by atoms with Crippen molar-refractivity contribution >= 4 is 5.78 Å². The Morgan fingerprint density at radius 2 is 2.67 bits per heavy atom. The van der Waals surface area contributed by atoms with Crippen molar-refractivity contribution in [2.24, 2.45) is 5.73 Å². The van der Waals surface area contributed by atoms with E-state index in [0.29, 0.717) is 6.42 Å². The van der Waals surface area contributed by atoms with Crippen LogP contribution in [0.4, 0.5) is 0 Å². The smallest absolute Gasteiger partial charge is 0.248 e. The zero-order valence-electron chi connectivity index (χ0n) is 6.32. The summed E-state index contributed by atoms with van der Waals surface area (Å²) >= 11 is 0. The number of H-pyrrole nitrogens is 1. The molecule has 0 aliphatic rings. The van der Waals surface area contributed by atoms with Gasteiger partial charge in [0.25, 0.3) is 0 Å². The highest BCUT2D eigenvalue weighted by atomic mass is 16.1. The van der Waals surface area contributed by atoms with E-state index in [1.165, 1.54) is 12.4 Å². The first-order valence-corrected chi connectivity index (χ1v) is 3.41. The summed E-state index contributed by atoms with van der Waals surface area (Å²) in [6, 6.07) is 0.725. The van der Waals surface area contributed by atoms with Crippen LogP contribution in [-0.4, -0.2) is 21.8 Å². The maximum absolute atomic E-state index is 10.7. The van der Waals surface area contributed by atoms with Gasteiger partial charge in [-0.2, -0.15) is 5.26 Å². The standard InChI is InChI=1S/C7H8N4O/c8-2-7(12)6(9)1-5-3-10-4-11-5/h3-4,6H,1,9H2,(H,10,11)/t6-/m0/s1. The van der Waals surface area contributed by atoms with E-state index in [1.54, 1.807) is 6.20 Å². The molecule has 0 radical (unpaired) electrons. The van der Waals surface area contributed by atoms with E-state index in [4.69, 9.17) is 11.0 Å². The molecule has 1 atom stereocenters. The highest BCUT2D eigenvalue weighted by Crippen LogP contribution is 1.96. The lowest BCUT2D eigenvalue weighted by molar-refractivity contribution is -0.115. The first kappa shape index (κ1) is 8.43. The van der Waals surface area contributed by atoms with Crippen molar-refractivity contribution in [1.29, 1.82) is 5.26 Å². The second-order valence-corrected chi connectivity index (χ2v) is 2.36. The number of carbonyl (C=O) groups excluding carboxylic acids is 1. The van der Waals surface area contributed by atoms with Gasteiger partial charge in [0.05, 0.1) is 12.4 Å². The van der Waals surface area contributed by atoms with Crippen molar-refractivity contribution in [1.82, 2.24) is 9.97 Å². The molecule has 1 rings (SSSR count). The molecule has 0 aromatic carbocycles. The summed E-state index contributed by atoms with van der Waals surface area (Å²) in [5.41, 5.74) is 6.15. The van der Waals surface area contributed by atoms with E-state index in [2.05, 4.69) is 9.97 Å². The fraction of sp³-hybridized carbons (Fsp3) is 0.286. The molecule has 0 fully saturated rings. The van der Waals surface area contributed by atoms with Crippen LogP contribution in [0.25, 0.3) is 0 Å². The van der Waals surface area contributed by atoms with E-state index in [0.717, 1.165) is 5.69 Å². The molecule has 3 N–H and O–H groups in total. The Hall–Kier alpha value is -1.67. The fourth-order valence-corrected chi connectivity index (χ4v) is 0.809. The molecular formula is C7H8N4O. The van der Waals surface area contributed by atoms with E-state index < -0.39 is 11.8 Å². The number of hydrogen-bond donors (Lipinski definition) is 2. The summed E-state index contributed by atoms with van der Waals surface area (Å²) in [7, 11) is 0. The zero-order valence-corrected chi connectivity index (χ0v) is 6.32. The zero-order chi connectivity index (χ0) is 8.97. The van der Waals surface area contributed by atoms with Gasteiger partial charge in [-0.05, 0) is 0 Å². The maximum Gasteiger partial charge on any atom is 0.248 e. The van der Waals surface area contributed by atoms with Crippen LogP contribution < -0.4 is 5.73 Å². The average Bonchev–Trinajstić information content (AvgIpc) is 2.55. The van der Waals surface area contributed by atoms with Crippen LogP contribution >= 0.6 is 0 Å². The summed E-state index contributed by atoms with van der Waals surface area (Å²) in [4.78, 5) is 17.3. The highest BCUT2D eigenvalue weighted by molar-refractivity contribution is 5.97. The lowest BCUT2D eigenvalue weighted by Gasteiger charge is -2.01. The predicted molar refractivity (Wildman–Crippen MR) is 40.9 cm³/mol. The molecule has 5 heteroatoms. The Labute approximate surface area is 69.2 Å². The van der Waals surface area contributed by atoms with Crippen molar-refractivity contribution in [3.8, 4) is 6.07 Å². The summed E-state index contributed by atoms with van der Waals surface area (Å²) in [6.45, 7) is 0. The molecule has 0 unspecified atom stereocenters. The Morgan fingerprint density at radius 3 is 3.17 bits per heavy atom. The van der Waals surface area contributed by atoms with Crippen LogP contribution in [0.5, 0.6) is 0 Å². The van der Waals surface area contributed by atoms with Crippen LogP contribution in [0, 0.1) is 11.3 Å². The molecular weight excluding hydrogens is 156 g/mol. The number of aromatic amines is 1. The number of nitriles is 1. The van der Waals surface area contributed by atoms with Gasteiger partial charge >= 0.3 is 0 Å². The first-order chi connectivity index (χ1) is 5.74. The third-order valence-corrected chi connectivity index (χ3v) is 1.44. The minimum Gasteiger partial charge on any atom is -0.348 e. The van der Waals surface area contributed by atoms with Gasteiger partial charge in [0.15, 0.2) is 0 Å². The lowest BCUT2D eigenvalue weighted by Crippen LogP contribution is -2.31. The van der Waals surface area contributed by atoms with Crippen LogP contribution in [0.3, 0.4) is 0 Å². The number of ketones is 1. The summed E-state index contributed by atoms with van der Waals surface area (Å²) in [5.74, 6) is -0.607. The van der Waals surface area contributed by atoms with E-state index in [1.807, 2.05) is 0 Å². The van der Waals surface area contributed by atoms with Crippen molar-refractivity contribution < 1.29 is 4.79 Å². The number of carbonyl (C=O) groups is 1. The van der Waals surface area contributed by atoms with Crippen LogP contribution in [0.15, 0.2) is 12.5 Å². The SMILES string of the molecule is N#CC(=O)[C@@H](N)Cc1cnc[nH]1. The molecule has 0 aliphatic heterocycles. The summed E-state index contributed by atoms with van der Waals surface area (Å²) < 4.78 is 0. The molecule has 1 heterocycles. The summed E-state index contributed by atoms with van der Waals surface area (Å²) in [6.07, 6.45) is 3.40. The van der Waals surface area contributed by atoms with Crippen LogP contribution in [0.1, 0.15) is 5.69 Å². The number of Topliss-reactive ketones (excluding diaryl/α,β-unsaturated/α-hetero) is 1. The largest absolute Gasteiger partial charge is 0.348 e. The van der Waals surface area contributed by atoms with Gasteiger partial charge in [0, 0.05) is 18.3 Å². The Morgan fingerprint density at radius 1 is 1.92 bits per heavy atom. The first-order valence-electron chi connectivity index (χ1n) is 3.41. The van der Waals surface area contributed by atoms with Gasteiger partial charge < -0.3 is 10.7 Å². The molecule has 1 aromatic heterocycles. The lowest BCUT2D eigenvalue weighted by atomic mass is 10.1. The van der Waals surface area contributed by atoms with E-state index in [9.17, 15) is 4.79 Å². The molecule has 0 bridgehead atoms. The number of hydrogen-bond acceptors (Lipinski definition) is 4. The van der Waals surface area contributed by atoms with Gasteiger partial charge in [-0.1, -0.05) is 0 Å². The van der Waals surface area contributed by atoms with Crippen molar-refractivity contribution in [2.45, 2.75) is 12.5 Å². The summed E-state index contributed by atoms with van der Waals surface area (Å²) in [5, 5.41) is 8.23. The normalized spacial score (nSPS) is 12.0. The van der Waals surface area contributed by atoms with E-state index in [-0.39, 0.29) is 0 Å². The van der Waals surface area contributed by atoms with Crippen molar-refractivity contribution in [3.63, 3.8) is 0 Å². The van der Waals surface area contributed by atoms with Crippen molar-refractivity contribution in [2.75, 3.05) is 0 Å². The topological polar surface area (TPSA) is 95.6 Å². The van der Waals surface area contributed by atoms with Gasteiger partial charge in [0.1, 0.15) is 6.07 Å². The molecule has 0 saturated heterocycles. The Bertz CT molecular complexity index is 298. The fourth-order valence-electron chi connectivity index (χ4n) is 0.809. The van der Waals surface area contributed by atoms with Crippen molar-refractivity contribution in [3.05, 3.63) is 18.2 Å². The van der Waals surface area contributed by atoms with Gasteiger partial charge in [-0.25, -0.2) is 4.98 Å². The third-order valence-electron chi connectivity index (χ3n) is 1.44. The molecule has 0 amide bonds.